The maximum Gasteiger partial charge on any atom is 0.258 e. The number of aryl methyl sites for hydroxylation is 2. The summed E-state index contributed by atoms with van der Waals surface area (Å²) in [4.78, 5) is 15.8. The van der Waals surface area contributed by atoms with Crippen LogP contribution in [0.5, 0.6) is 5.75 Å². The third-order valence-electron chi connectivity index (χ3n) is 7.26. The van der Waals surface area contributed by atoms with Gasteiger partial charge in [-0.15, -0.1) is 0 Å². The van der Waals surface area contributed by atoms with Crippen molar-refractivity contribution in [1.29, 1.82) is 0 Å². The molecule has 4 aromatic rings. The van der Waals surface area contributed by atoms with E-state index in [0.717, 1.165) is 48.2 Å². The van der Waals surface area contributed by atoms with E-state index in [1.165, 1.54) is 12.8 Å². The number of hydrogen-bond donors (Lipinski definition) is 2. The molecule has 2 saturated heterocycles. The molecule has 34 heavy (non-hydrogen) atoms. The topological polar surface area (TPSA) is 89.2 Å². The lowest BCUT2D eigenvalue weighted by Gasteiger charge is -2.53. The molecule has 0 bridgehead atoms. The zero-order valence-electron chi connectivity index (χ0n) is 19.8. The number of fused-ring (bicyclic) bond motifs is 2. The van der Waals surface area contributed by atoms with Crippen molar-refractivity contribution in [3.8, 4) is 5.75 Å². The van der Waals surface area contributed by atoms with Gasteiger partial charge in [0.15, 0.2) is 0 Å². The second-order valence-electron chi connectivity index (χ2n) is 9.67. The molecule has 9 nitrogen and oxygen atoms in total. The maximum absolute atomic E-state index is 13.4. The Morgan fingerprint density at radius 3 is 2.62 bits per heavy atom. The van der Waals surface area contributed by atoms with Crippen molar-refractivity contribution in [2.75, 3.05) is 43.5 Å². The summed E-state index contributed by atoms with van der Waals surface area (Å²) in [7, 11) is 5.36. The molecule has 0 unspecified atom stereocenters. The van der Waals surface area contributed by atoms with Crippen LogP contribution in [-0.2, 0) is 14.1 Å². The first-order valence-corrected chi connectivity index (χ1v) is 11.7. The van der Waals surface area contributed by atoms with E-state index in [1.807, 2.05) is 44.7 Å². The third kappa shape index (κ3) is 3.38. The first-order valence-electron chi connectivity index (χ1n) is 11.7. The number of nitrogens with one attached hydrogen (secondary N) is 2. The minimum absolute atomic E-state index is 0.213. The highest BCUT2D eigenvalue weighted by Gasteiger charge is 2.44. The smallest absolute Gasteiger partial charge is 0.258 e. The lowest BCUT2D eigenvalue weighted by atomic mass is 9.72. The van der Waals surface area contributed by atoms with Crippen LogP contribution in [0.25, 0.3) is 21.8 Å². The van der Waals surface area contributed by atoms with Gasteiger partial charge in [-0.3, -0.25) is 14.2 Å². The van der Waals surface area contributed by atoms with Gasteiger partial charge in [0.05, 0.1) is 23.9 Å². The molecule has 1 spiro atoms. The lowest BCUT2D eigenvalue weighted by molar-refractivity contribution is 0.102. The van der Waals surface area contributed by atoms with Crippen LogP contribution >= 0.6 is 0 Å². The molecule has 2 aromatic carbocycles. The van der Waals surface area contributed by atoms with Crippen molar-refractivity contribution in [3.63, 3.8) is 0 Å². The van der Waals surface area contributed by atoms with Crippen molar-refractivity contribution in [3.05, 3.63) is 42.2 Å². The molecule has 0 saturated carbocycles. The Labute approximate surface area is 197 Å². The van der Waals surface area contributed by atoms with E-state index in [0.29, 0.717) is 27.9 Å². The van der Waals surface area contributed by atoms with E-state index < -0.39 is 0 Å². The van der Waals surface area contributed by atoms with Gasteiger partial charge in [-0.05, 0) is 44.1 Å². The normalized spacial score (nSPS) is 17.3. The van der Waals surface area contributed by atoms with Crippen LogP contribution in [0.1, 0.15) is 23.2 Å². The van der Waals surface area contributed by atoms with E-state index in [9.17, 15) is 4.79 Å². The predicted molar refractivity (Wildman–Crippen MR) is 133 cm³/mol. The summed E-state index contributed by atoms with van der Waals surface area (Å²) in [5.74, 6) is 0.358. The number of aromatic nitrogens is 4. The molecule has 2 fully saturated rings. The number of amides is 1. The van der Waals surface area contributed by atoms with Gasteiger partial charge in [0.1, 0.15) is 11.3 Å². The molecule has 2 N–H and O–H groups in total. The Balaban J connectivity index is 1.31. The Morgan fingerprint density at radius 1 is 1.09 bits per heavy atom. The fourth-order valence-corrected chi connectivity index (χ4v) is 5.50. The summed E-state index contributed by atoms with van der Waals surface area (Å²) in [6.45, 7) is 4.33. The summed E-state index contributed by atoms with van der Waals surface area (Å²) >= 11 is 0. The molecule has 9 heteroatoms. The number of ether oxygens (including phenoxy) is 1. The standard InChI is InChI=1S/C25H29N7O2/c1-30-12-16-10-20(22(34-3)11-19(16)28-30)27-24(33)17-4-5-21(18-13-31(2)29-23(17)18)32-14-25(15-32)6-8-26-9-7-25/h4-5,10-13,26H,6-9,14-15H2,1-3H3,(H,27,33). The van der Waals surface area contributed by atoms with E-state index in [1.54, 1.807) is 16.5 Å². The quantitative estimate of drug-likeness (QED) is 0.488. The average Bonchev–Trinajstić information content (AvgIpc) is 3.37. The van der Waals surface area contributed by atoms with Crippen LogP contribution in [0.2, 0.25) is 0 Å². The van der Waals surface area contributed by atoms with Gasteiger partial charge >= 0.3 is 0 Å². The number of piperidine rings is 1. The van der Waals surface area contributed by atoms with Crippen molar-refractivity contribution in [1.82, 2.24) is 24.9 Å². The Morgan fingerprint density at radius 2 is 1.85 bits per heavy atom. The van der Waals surface area contributed by atoms with Gasteiger partial charge in [0, 0.05) is 67.5 Å². The molecule has 2 aromatic heterocycles. The largest absolute Gasteiger partial charge is 0.494 e. The van der Waals surface area contributed by atoms with Gasteiger partial charge in [-0.1, -0.05) is 0 Å². The molecule has 1 amide bonds. The fourth-order valence-electron chi connectivity index (χ4n) is 5.50. The minimum atomic E-state index is -0.213. The van der Waals surface area contributed by atoms with Gasteiger partial charge < -0.3 is 20.3 Å². The third-order valence-corrected chi connectivity index (χ3v) is 7.26. The number of carbonyl (C=O) groups is 1. The van der Waals surface area contributed by atoms with Crippen LogP contribution in [0.15, 0.2) is 36.7 Å². The second kappa shape index (κ2) is 7.73. The number of hydrogen-bond acceptors (Lipinski definition) is 6. The van der Waals surface area contributed by atoms with Crippen molar-refractivity contribution in [2.45, 2.75) is 12.8 Å². The molecule has 6 rings (SSSR count). The van der Waals surface area contributed by atoms with Crippen molar-refractivity contribution >= 4 is 39.1 Å². The number of methoxy groups -OCH3 is 1. The summed E-state index contributed by atoms with van der Waals surface area (Å²) in [6, 6.07) is 7.68. The van der Waals surface area contributed by atoms with Crippen LogP contribution < -0.4 is 20.3 Å². The van der Waals surface area contributed by atoms with Gasteiger partial charge in [-0.25, -0.2) is 0 Å². The molecule has 2 aliphatic heterocycles. The molecule has 0 radical (unpaired) electrons. The summed E-state index contributed by atoms with van der Waals surface area (Å²) < 4.78 is 9.05. The monoisotopic (exact) mass is 459 g/mol. The number of nitrogens with zero attached hydrogens (tertiary/aromatic N) is 5. The van der Waals surface area contributed by atoms with Crippen LogP contribution in [-0.4, -0.2) is 58.8 Å². The van der Waals surface area contributed by atoms with Crippen LogP contribution in [0.3, 0.4) is 0 Å². The fraction of sp³-hybridized carbons (Fsp3) is 0.400. The molecule has 0 atom stereocenters. The maximum atomic E-state index is 13.4. The number of benzene rings is 2. The van der Waals surface area contributed by atoms with Gasteiger partial charge in [0.2, 0.25) is 0 Å². The van der Waals surface area contributed by atoms with Gasteiger partial charge in [0.25, 0.3) is 5.91 Å². The minimum Gasteiger partial charge on any atom is -0.494 e. The highest BCUT2D eigenvalue weighted by atomic mass is 16.5. The SMILES string of the molecule is COc1cc2nn(C)cc2cc1NC(=O)c1ccc(N2CC3(CCNCC3)C2)c2cn(C)nc12. The number of carbonyl (C=O) groups excluding carboxylic acids is 1. The molecule has 2 aliphatic rings. The number of anilines is 2. The van der Waals surface area contributed by atoms with Gasteiger partial charge in [-0.2, -0.15) is 10.2 Å². The van der Waals surface area contributed by atoms with E-state index in [2.05, 4.69) is 31.8 Å². The second-order valence-corrected chi connectivity index (χ2v) is 9.67. The summed E-state index contributed by atoms with van der Waals surface area (Å²) in [5.41, 5.74) is 4.26. The first-order chi connectivity index (χ1) is 16.4. The first kappa shape index (κ1) is 21.0. The Kier molecular flexibility index (Phi) is 4.77. The Hall–Kier alpha value is -3.59. The van der Waals surface area contributed by atoms with Crippen LogP contribution in [0.4, 0.5) is 11.4 Å². The number of rotatable bonds is 4. The lowest BCUT2D eigenvalue weighted by Crippen LogP contribution is -2.60. The molecule has 4 heterocycles. The summed E-state index contributed by atoms with van der Waals surface area (Å²) in [6.07, 6.45) is 6.38. The molecule has 176 valence electrons. The molecular weight excluding hydrogens is 430 g/mol. The summed E-state index contributed by atoms with van der Waals surface area (Å²) in [5, 5.41) is 17.5. The van der Waals surface area contributed by atoms with Crippen LogP contribution in [0, 0.1) is 5.41 Å². The van der Waals surface area contributed by atoms with E-state index >= 15 is 0 Å². The highest BCUT2D eigenvalue weighted by molar-refractivity contribution is 6.14. The zero-order chi connectivity index (χ0) is 23.4. The average molecular weight is 460 g/mol. The highest BCUT2D eigenvalue weighted by Crippen LogP contribution is 2.43. The molecule has 0 aliphatic carbocycles. The van der Waals surface area contributed by atoms with Crippen molar-refractivity contribution < 1.29 is 9.53 Å². The predicted octanol–water partition coefficient (Wildman–Crippen LogP) is 2.91. The van der Waals surface area contributed by atoms with Crippen molar-refractivity contribution in [2.24, 2.45) is 19.5 Å². The molecular formula is C25H29N7O2. The van der Waals surface area contributed by atoms with E-state index in [4.69, 9.17) is 4.74 Å². The Bertz CT molecular complexity index is 1410. The van der Waals surface area contributed by atoms with E-state index in [-0.39, 0.29) is 5.91 Å². The zero-order valence-corrected chi connectivity index (χ0v) is 19.8.